The molecule has 0 amide bonds. The minimum absolute atomic E-state index is 0.0461. The lowest BCUT2D eigenvalue weighted by Crippen LogP contribution is -2.34. The highest BCUT2D eigenvalue weighted by Crippen LogP contribution is 2.44. The summed E-state index contributed by atoms with van der Waals surface area (Å²) in [5, 5.41) is 120. The zero-order valence-corrected chi connectivity index (χ0v) is 32.7. The molecule has 1 aliphatic heterocycles. The second-order valence-corrected chi connectivity index (χ2v) is 10.9. The molecule has 24 nitrogen and oxygen atoms in total. The number of carboxylic acids is 7. The first kappa shape index (κ1) is 58.5. The quantitative estimate of drug-likeness (QED) is 0.133. The van der Waals surface area contributed by atoms with Crippen molar-refractivity contribution in [2.45, 2.75) is 67.1 Å². The van der Waals surface area contributed by atoms with E-state index >= 15 is 0 Å². The van der Waals surface area contributed by atoms with Gasteiger partial charge < -0.3 is 81.0 Å². The number of carbonyl (C=O) groups excluding carboxylic acids is 1. The SMILES string of the molecule is CC(=O)O.CC(=O)O.CC(=O)O.CC(=O)O.CC(=O)O.CC(=O)O.CC(=O)O.O=C(O[C@H]1Cc2c(O)cc(O)cc2O[C@@H]1c1ccc(O)c(O)c1)c1cc(O)c(O)c(O)c1. The molecule has 2 atom stereocenters. The van der Waals surface area contributed by atoms with Crippen LogP contribution in [-0.4, -0.2) is 125 Å². The van der Waals surface area contributed by atoms with Gasteiger partial charge in [0.05, 0.1) is 5.56 Å². The number of phenols is 7. The topological polar surface area (TPSA) is 438 Å². The van der Waals surface area contributed by atoms with Gasteiger partial charge in [-0.2, -0.15) is 0 Å². The number of fused-ring (bicyclic) bond motifs is 1. The Morgan fingerprint density at radius 1 is 0.500 bits per heavy atom. The van der Waals surface area contributed by atoms with Gasteiger partial charge in [0, 0.05) is 78.1 Å². The number of phenolic OH excluding ortho intramolecular Hbond substituents is 7. The lowest BCUT2D eigenvalue weighted by Gasteiger charge is -2.34. The minimum Gasteiger partial charge on any atom is -0.508 e. The Labute approximate surface area is 339 Å². The summed E-state index contributed by atoms with van der Waals surface area (Å²) in [5.74, 6) is -10.3. The monoisotopic (exact) mass is 862 g/mol. The number of aliphatic carboxylic acids is 7. The normalized spacial score (nSPS) is 12.1. The molecule has 0 aromatic heterocycles. The largest absolute Gasteiger partial charge is 0.508 e. The Bertz CT molecular complexity index is 1750. The molecule has 0 spiro atoms. The molecule has 4 rings (SSSR count). The molecule has 24 heteroatoms. The van der Waals surface area contributed by atoms with E-state index in [2.05, 4.69) is 0 Å². The summed E-state index contributed by atoms with van der Waals surface area (Å²) in [5.41, 5.74) is 0.324. The molecule has 60 heavy (non-hydrogen) atoms. The Balaban J connectivity index is -0.000000455. The van der Waals surface area contributed by atoms with Crippen LogP contribution in [0.2, 0.25) is 0 Å². The van der Waals surface area contributed by atoms with Gasteiger partial charge in [-0.15, -0.1) is 0 Å². The minimum atomic E-state index is -1.06. The van der Waals surface area contributed by atoms with E-state index < -0.39 is 83.0 Å². The van der Waals surface area contributed by atoms with Crippen molar-refractivity contribution in [3.8, 4) is 46.0 Å². The molecule has 14 N–H and O–H groups in total. The molecular weight excluding hydrogens is 816 g/mol. The molecule has 0 aliphatic carbocycles. The molecule has 0 bridgehead atoms. The third-order valence-corrected chi connectivity index (χ3v) is 5.06. The van der Waals surface area contributed by atoms with E-state index in [1.165, 1.54) is 24.3 Å². The number of carboxylic acid groups (broad SMARTS) is 7. The molecular formula is C36H46O24. The van der Waals surface area contributed by atoms with E-state index in [0.717, 1.165) is 66.7 Å². The number of hydrogen-bond acceptors (Lipinski definition) is 17. The van der Waals surface area contributed by atoms with Crippen LogP contribution < -0.4 is 4.74 Å². The maximum atomic E-state index is 12.7. The summed E-state index contributed by atoms with van der Waals surface area (Å²) >= 11 is 0. The first-order chi connectivity index (χ1) is 27.3. The highest BCUT2D eigenvalue weighted by Gasteiger charge is 2.37. The van der Waals surface area contributed by atoms with Crippen LogP contribution in [0.5, 0.6) is 46.0 Å². The fourth-order valence-corrected chi connectivity index (χ4v) is 3.48. The van der Waals surface area contributed by atoms with Gasteiger partial charge in [0.2, 0.25) is 0 Å². The summed E-state index contributed by atoms with van der Waals surface area (Å²) in [6.45, 7) is 7.58. The Morgan fingerprint density at radius 2 is 0.867 bits per heavy atom. The van der Waals surface area contributed by atoms with Gasteiger partial charge in [0.15, 0.2) is 34.9 Å². The van der Waals surface area contributed by atoms with Crippen LogP contribution in [0.25, 0.3) is 0 Å². The fraction of sp³-hybridized carbons (Fsp3) is 0.278. The molecule has 334 valence electrons. The molecule has 0 fully saturated rings. The van der Waals surface area contributed by atoms with E-state index in [1.54, 1.807) is 0 Å². The van der Waals surface area contributed by atoms with E-state index in [4.69, 9.17) is 78.8 Å². The smallest absolute Gasteiger partial charge is 0.338 e. The van der Waals surface area contributed by atoms with Gasteiger partial charge in [-0.3, -0.25) is 33.6 Å². The Hall–Kier alpha value is -8.18. The summed E-state index contributed by atoms with van der Waals surface area (Å²) in [6, 6.07) is 8.07. The lowest BCUT2D eigenvalue weighted by molar-refractivity contribution is -0.135. The summed E-state index contributed by atoms with van der Waals surface area (Å²) in [6.07, 6.45) is -2.12. The first-order valence-corrected chi connectivity index (χ1v) is 15.8. The maximum absolute atomic E-state index is 12.7. The molecule has 3 aromatic carbocycles. The number of ether oxygens (including phenoxy) is 2. The van der Waals surface area contributed by atoms with Gasteiger partial charge in [-0.1, -0.05) is 6.07 Å². The van der Waals surface area contributed by atoms with Crippen molar-refractivity contribution in [1.29, 1.82) is 0 Å². The second kappa shape index (κ2) is 30.0. The molecule has 0 unspecified atom stereocenters. The average Bonchev–Trinajstić information content (AvgIpc) is 3.03. The second-order valence-electron chi connectivity index (χ2n) is 10.9. The van der Waals surface area contributed by atoms with Crippen molar-refractivity contribution >= 4 is 47.8 Å². The van der Waals surface area contributed by atoms with Crippen LogP contribution in [0, 0.1) is 0 Å². The molecule has 0 saturated carbocycles. The van der Waals surface area contributed by atoms with E-state index in [-0.39, 0.29) is 40.5 Å². The van der Waals surface area contributed by atoms with E-state index in [1.807, 2.05) is 0 Å². The van der Waals surface area contributed by atoms with Gasteiger partial charge in [0.25, 0.3) is 41.8 Å². The molecule has 0 radical (unpaired) electrons. The molecule has 1 heterocycles. The highest BCUT2D eigenvalue weighted by molar-refractivity contribution is 5.91. The standard InChI is InChI=1S/C22H18O10.7C2H4O2/c23-11-6-14(25)12-8-19(32-22(30)10-4-16(27)20(29)17(28)5-10)21(31-18(12)7-11)9-1-2-13(24)15(26)3-9;7*1-2(3)4/h1-7,19,21,23-29H,8H2;7*1H3,(H,3,4)/t19-,21+;;;;;;;/m0......./s1. The van der Waals surface area contributed by atoms with Gasteiger partial charge in [-0.05, 0) is 24.3 Å². The van der Waals surface area contributed by atoms with Crippen LogP contribution in [0.4, 0.5) is 0 Å². The molecule has 3 aromatic rings. The van der Waals surface area contributed by atoms with Crippen molar-refractivity contribution in [3.63, 3.8) is 0 Å². The van der Waals surface area contributed by atoms with Gasteiger partial charge in [0.1, 0.15) is 23.4 Å². The Morgan fingerprint density at radius 3 is 1.22 bits per heavy atom. The third kappa shape index (κ3) is 32.1. The number of benzene rings is 3. The van der Waals surface area contributed by atoms with Gasteiger partial charge >= 0.3 is 5.97 Å². The van der Waals surface area contributed by atoms with Crippen molar-refractivity contribution in [3.05, 3.63) is 59.2 Å². The number of rotatable bonds is 3. The van der Waals surface area contributed by atoms with Crippen LogP contribution in [0.3, 0.4) is 0 Å². The first-order valence-electron chi connectivity index (χ1n) is 15.8. The van der Waals surface area contributed by atoms with Crippen molar-refractivity contribution in [2.75, 3.05) is 0 Å². The lowest BCUT2D eigenvalue weighted by atomic mass is 9.93. The summed E-state index contributed by atoms with van der Waals surface area (Å²) < 4.78 is 11.4. The van der Waals surface area contributed by atoms with Crippen LogP contribution in [-0.2, 0) is 44.7 Å². The van der Waals surface area contributed by atoms with E-state index in [9.17, 15) is 40.5 Å². The predicted octanol–water partition coefficient (Wildman–Crippen LogP) is 3.16. The highest BCUT2D eigenvalue weighted by atomic mass is 16.6. The van der Waals surface area contributed by atoms with E-state index in [0.29, 0.717) is 5.56 Å². The summed E-state index contributed by atoms with van der Waals surface area (Å²) in [4.78, 5) is 75.7. The maximum Gasteiger partial charge on any atom is 0.338 e. The zero-order chi connectivity index (χ0) is 48.2. The summed E-state index contributed by atoms with van der Waals surface area (Å²) in [7, 11) is 0. The molecule has 1 aliphatic rings. The number of esters is 1. The zero-order valence-electron chi connectivity index (χ0n) is 32.7. The van der Waals surface area contributed by atoms with Crippen LogP contribution in [0.15, 0.2) is 42.5 Å². The van der Waals surface area contributed by atoms with Gasteiger partial charge in [-0.25, -0.2) is 4.79 Å². The fourth-order valence-electron chi connectivity index (χ4n) is 3.48. The average molecular weight is 863 g/mol. The molecule has 0 saturated heterocycles. The van der Waals surface area contributed by atoms with Crippen LogP contribution >= 0.6 is 0 Å². The van der Waals surface area contributed by atoms with Crippen molar-refractivity contribution < 1.29 is 119 Å². The number of aromatic hydroxyl groups is 7. The van der Waals surface area contributed by atoms with Crippen molar-refractivity contribution in [2.24, 2.45) is 0 Å². The number of hydrogen-bond donors (Lipinski definition) is 14. The van der Waals surface area contributed by atoms with Crippen molar-refractivity contribution in [1.82, 2.24) is 0 Å². The Kier molecular flexibility index (Phi) is 29.3. The third-order valence-electron chi connectivity index (χ3n) is 5.06. The predicted molar refractivity (Wildman–Crippen MR) is 200 cm³/mol. The van der Waals surface area contributed by atoms with Crippen LogP contribution in [0.1, 0.15) is 76.1 Å². The number of carbonyl (C=O) groups is 8.